The predicted octanol–water partition coefficient (Wildman–Crippen LogP) is 2.14. The van der Waals surface area contributed by atoms with Crippen molar-refractivity contribution in [3.8, 4) is 0 Å². The van der Waals surface area contributed by atoms with Gasteiger partial charge in [-0.15, -0.1) is 0 Å². The van der Waals surface area contributed by atoms with Gasteiger partial charge in [0.2, 0.25) is 5.95 Å². The Morgan fingerprint density at radius 2 is 1.91 bits per heavy atom. The van der Waals surface area contributed by atoms with E-state index >= 15 is 0 Å². The van der Waals surface area contributed by atoms with E-state index in [0.29, 0.717) is 11.6 Å². The number of nitrogens with zero attached hydrogens (tertiary/aromatic N) is 6. The molecular weight excluding hydrogens is 290 g/mol. The molecule has 0 bridgehead atoms. The molecule has 0 radical (unpaired) electrons. The molecule has 7 nitrogen and oxygen atoms in total. The summed E-state index contributed by atoms with van der Waals surface area (Å²) in [7, 11) is 0. The number of nitrogens with one attached hydrogen (secondary N) is 1. The number of H-pyrrole nitrogens is 1. The summed E-state index contributed by atoms with van der Waals surface area (Å²) >= 11 is 0. The first-order valence-corrected chi connectivity index (χ1v) is 7.93. The van der Waals surface area contributed by atoms with E-state index in [1.54, 1.807) is 12.4 Å². The molecule has 1 N–H and O–H groups in total. The summed E-state index contributed by atoms with van der Waals surface area (Å²) in [5.74, 6) is 1.16. The third kappa shape index (κ3) is 2.62. The highest BCUT2D eigenvalue weighted by Crippen LogP contribution is 2.30. The first-order valence-electron chi connectivity index (χ1n) is 7.93. The summed E-state index contributed by atoms with van der Waals surface area (Å²) in [6.45, 7) is 5.88. The van der Waals surface area contributed by atoms with Crippen LogP contribution in [0.5, 0.6) is 0 Å². The average Bonchev–Trinajstić information content (AvgIpc) is 2.98. The van der Waals surface area contributed by atoms with Gasteiger partial charge in [0.1, 0.15) is 5.52 Å². The number of piperidine rings is 1. The van der Waals surface area contributed by atoms with Crippen molar-refractivity contribution in [1.82, 2.24) is 30.1 Å². The minimum atomic E-state index is 0.342. The average molecular weight is 309 g/mol. The van der Waals surface area contributed by atoms with Crippen LogP contribution in [-0.2, 0) is 0 Å². The molecule has 3 aromatic heterocycles. The molecule has 23 heavy (non-hydrogen) atoms. The van der Waals surface area contributed by atoms with Gasteiger partial charge in [-0.2, -0.15) is 5.10 Å². The van der Waals surface area contributed by atoms with Crippen LogP contribution in [-0.4, -0.2) is 43.2 Å². The fourth-order valence-corrected chi connectivity index (χ4v) is 3.30. The Morgan fingerprint density at radius 1 is 1.13 bits per heavy atom. The molecule has 0 aromatic carbocycles. The standard InChI is InChI=1S/C16H19N7/c1-10-8-11(2)20-16(19-10)23-7-3-4-12(9-23)13-14-15(22-21-13)18-6-5-17-14/h5-6,8,12H,3-4,7,9H2,1-2H3,(H,18,21,22). The molecule has 0 amide bonds. The second kappa shape index (κ2) is 5.57. The van der Waals surface area contributed by atoms with Crippen LogP contribution >= 0.6 is 0 Å². The van der Waals surface area contributed by atoms with E-state index < -0.39 is 0 Å². The molecular formula is C16H19N7. The van der Waals surface area contributed by atoms with E-state index in [9.17, 15) is 0 Å². The van der Waals surface area contributed by atoms with Gasteiger partial charge in [0.25, 0.3) is 0 Å². The molecule has 1 aliphatic heterocycles. The van der Waals surface area contributed by atoms with E-state index in [4.69, 9.17) is 0 Å². The van der Waals surface area contributed by atoms with Crippen LogP contribution in [0.1, 0.15) is 35.8 Å². The molecule has 4 rings (SSSR count). The zero-order valence-corrected chi connectivity index (χ0v) is 13.3. The van der Waals surface area contributed by atoms with E-state index in [2.05, 4.69) is 35.0 Å². The fourth-order valence-electron chi connectivity index (χ4n) is 3.30. The summed E-state index contributed by atoms with van der Waals surface area (Å²) in [5.41, 5.74) is 4.64. The van der Waals surface area contributed by atoms with Crippen LogP contribution in [0, 0.1) is 13.8 Å². The summed E-state index contributed by atoms with van der Waals surface area (Å²) in [6.07, 6.45) is 5.59. The first kappa shape index (κ1) is 14.0. The molecule has 4 heterocycles. The maximum atomic E-state index is 4.60. The van der Waals surface area contributed by atoms with Gasteiger partial charge in [-0.1, -0.05) is 0 Å². The molecule has 0 aliphatic carbocycles. The molecule has 0 saturated carbocycles. The van der Waals surface area contributed by atoms with Gasteiger partial charge in [0.15, 0.2) is 5.65 Å². The monoisotopic (exact) mass is 309 g/mol. The lowest BCUT2D eigenvalue weighted by Crippen LogP contribution is -2.36. The van der Waals surface area contributed by atoms with Crippen molar-refractivity contribution < 1.29 is 0 Å². The number of aromatic nitrogens is 6. The van der Waals surface area contributed by atoms with Gasteiger partial charge in [-0.05, 0) is 32.8 Å². The highest BCUT2D eigenvalue weighted by Gasteiger charge is 2.26. The number of aromatic amines is 1. The Balaban J connectivity index is 1.64. The molecule has 1 atom stereocenters. The second-order valence-corrected chi connectivity index (χ2v) is 6.10. The van der Waals surface area contributed by atoms with Gasteiger partial charge >= 0.3 is 0 Å². The van der Waals surface area contributed by atoms with Crippen LogP contribution in [0.3, 0.4) is 0 Å². The Bertz CT molecular complexity index is 821. The number of aryl methyl sites for hydroxylation is 2. The van der Waals surface area contributed by atoms with Crippen LogP contribution in [0.4, 0.5) is 5.95 Å². The maximum Gasteiger partial charge on any atom is 0.225 e. The van der Waals surface area contributed by atoms with Crippen molar-refractivity contribution in [2.24, 2.45) is 0 Å². The molecule has 1 saturated heterocycles. The van der Waals surface area contributed by atoms with Gasteiger partial charge in [0.05, 0.1) is 5.69 Å². The molecule has 1 aliphatic rings. The second-order valence-electron chi connectivity index (χ2n) is 6.10. The molecule has 7 heteroatoms. The maximum absolute atomic E-state index is 4.60. The van der Waals surface area contributed by atoms with Gasteiger partial charge in [-0.25, -0.2) is 19.9 Å². The third-order valence-electron chi connectivity index (χ3n) is 4.30. The lowest BCUT2D eigenvalue weighted by atomic mass is 9.94. The largest absolute Gasteiger partial charge is 0.340 e. The Morgan fingerprint density at radius 3 is 2.74 bits per heavy atom. The zero-order valence-electron chi connectivity index (χ0n) is 13.3. The van der Waals surface area contributed by atoms with Crippen molar-refractivity contribution in [1.29, 1.82) is 0 Å². The number of anilines is 1. The van der Waals surface area contributed by atoms with E-state index in [-0.39, 0.29) is 0 Å². The fraction of sp³-hybridized carbons (Fsp3) is 0.438. The number of rotatable bonds is 2. The number of fused-ring (bicyclic) bond motifs is 1. The lowest BCUT2D eigenvalue weighted by molar-refractivity contribution is 0.495. The van der Waals surface area contributed by atoms with Crippen LogP contribution in [0.15, 0.2) is 18.5 Å². The normalized spacial score (nSPS) is 18.5. The summed E-state index contributed by atoms with van der Waals surface area (Å²) in [6, 6.07) is 2.00. The van der Waals surface area contributed by atoms with E-state index in [1.165, 1.54) is 0 Å². The van der Waals surface area contributed by atoms with E-state index in [0.717, 1.165) is 54.5 Å². The van der Waals surface area contributed by atoms with Crippen LogP contribution in [0.25, 0.3) is 11.2 Å². The number of hydrogen-bond acceptors (Lipinski definition) is 6. The Labute approximate surface area is 134 Å². The highest BCUT2D eigenvalue weighted by molar-refractivity contribution is 5.73. The summed E-state index contributed by atoms with van der Waals surface area (Å²) < 4.78 is 0. The molecule has 1 unspecified atom stereocenters. The van der Waals surface area contributed by atoms with Gasteiger partial charge in [0, 0.05) is 42.8 Å². The smallest absolute Gasteiger partial charge is 0.225 e. The molecule has 118 valence electrons. The number of hydrogen-bond donors (Lipinski definition) is 1. The quantitative estimate of drug-likeness (QED) is 0.781. The molecule has 0 spiro atoms. The summed E-state index contributed by atoms with van der Waals surface area (Å²) in [4.78, 5) is 20.1. The van der Waals surface area contributed by atoms with Crippen molar-refractivity contribution in [2.75, 3.05) is 18.0 Å². The minimum absolute atomic E-state index is 0.342. The van der Waals surface area contributed by atoms with Crippen molar-refractivity contribution in [3.63, 3.8) is 0 Å². The predicted molar refractivity (Wildman–Crippen MR) is 87.4 cm³/mol. The Kier molecular flexibility index (Phi) is 3.40. The zero-order chi connectivity index (χ0) is 15.8. The van der Waals surface area contributed by atoms with Gasteiger partial charge < -0.3 is 4.90 Å². The highest BCUT2D eigenvalue weighted by atomic mass is 15.3. The van der Waals surface area contributed by atoms with E-state index in [1.807, 2.05) is 19.9 Å². The van der Waals surface area contributed by atoms with Crippen molar-refractivity contribution in [2.45, 2.75) is 32.6 Å². The van der Waals surface area contributed by atoms with Gasteiger partial charge in [-0.3, -0.25) is 5.10 Å². The Hall–Kier alpha value is -2.57. The topological polar surface area (TPSA) is 83.5 Å². The third-order valence-corrected chi connectivity index (χ3v) is 4.30. The summed E-state index contributed by atoms with van der Waals surface area (Å²) in [5, 5.41) is 7.41. The van der Waals surface area contributed by atoms with Crippen molar-refractivity contribution in [3.05, 3.63) is 35.5 Å². The molecule has 1 fully saturated rings. The van der Waals surface area contributed by atoms with Crippen molar-refractivity contribution >= 4 is 17.1 Å². The van der Waals surface area contributed by atoms with Crippen LogP contribution < -0.4 is 4.90 Å². The lowest BCUT2D eigenvalue weighted by Gasteiger charge is -2.32. The van der Waals surface area contributed by atoms with Crippen LogP contribution in [0.2, 0.25) is 0 Å². The first-order chi connectivity index (χ1) is 11.2. The minimum Gasteiger partial charge on any atom is -0.340 e. The molecule has 3 aromatic rings. The SMILES string of the molecule is Cc1cc(C)nc(N2CCCC(c3[nH]nc4nccnc34)C2)n1.